The number of nitrogens with one attached hydrogen (secondary N) is 2. The van der Waals surface area contributed by atoms with Crippen molar-refractivity contribution in [2.24, 2.45) is 0 Å². The Balaban J connectivity index is 0.00000200. The molecule has 8 nitrogen and oxygen atoms in total. The molecule has 1 heterocycles. The van der Waals surface area contributed by atoms with Crippen molar-refractivity contribution < 1.29 is 42.4 Å². The fourth-order valence-electron chi connectivity index (χ4n) is 1.39. The van der Waals surface area contributed by atoms with Gasteiger partial charge in [-0.15, -0.1) is 0 Å². The first-order chi connectivity index (χ1) is 9.08. The van der Waals surface area contributed by atoms with Gasteiger partial charge in [-0.05, 0) is 6.07 Å². The fourth-order valence-corrected chi connectivity index (χ4v) is 1.39. The summed E-state index contributed by atoms with van der Waals surface area (Å²) in [7, 11) is 0. The maximum absolute atomic E-state index is 10.8. The van der Waals surface area contributed by atoms with E-state index >= 15 is 0 Å². The van der Waals surface area contributed by atoms with Crippen LogP contribution in [0.25, 0.3) is 5.73 Å². The predicted octanol–water partition coefficient (Wildman–Crippen LogP) is 2.32. The molecule has 0 aliphatic carbocycles. The van der Waals surface area contributed by atoms with Crippen LogP contribution in [0, 0.1) is 10.1 Å². The minimum atomic E-state index is -0.940. The van der Waals surface area contributed by atoms with Gasteiger partial charge in [-0.25, -0.2) is 9.97 Å². The SMILES string of the molecule is [NH-]C(=O)c1cnc(Nc2ccccc2[N+](=O)[O-])cn1.[Y]. The van der Waals surface area contributed by atoms with E-state index in [4.69, 9.17) is 5.73 Å². The zero-order chi connectivity index (χ0) is 13.8. The van der Waals surface area contributed by atoms with Gasteiger partial charge in [-0.1, -0.05) is 12.1 Å². The molecule has 0 saturated heterocycles. The maximum atomic E-state index is 10.8. The predicted molar refractivity (Wildman–Crippen MR) is 67.1 cm³/mol. The second-order valence-corrected chi connectivity index (χ2v) is 3.52. The number of rotatable bonds is 4. The van der Waals surface area contributed by atoms with Gasteiger partial charge in [0, 0.05) is 38.8 Å². The van der Waals surface area contributed by atoms with Crippen LogP contribution in [0.3, 0.4) is 0 Å². The molecular weight excluding hydrogens is 339 g/mol. The number of nitro groups is 1. The molecule has 0 saturated carbocycles. The number of para-hydroxylation sites is 2. The molecule has 9 heteroatoms. The largest absolute Gasteiger partial charge is 0.662 e. The summed E-state index contributed by atoms with van der Waals surface area (Å²) >= 11 is 0. The van der Waals surface area contributed by atoms with Crippen molar-refractivity contribution in [2.45, 2.75) is 0 Å². The molecule has 0 fully saturated rings. The number of hydrogen-bond acceptors (Lipinski definition) is 6. The van der Waals surface area contributed by atoms with Gasteiger partial charge < -0.3 is 15.8 Å². The number of anilines is 2. The summed E-state index contributed by atoms with van der Waals surface area (Å²) in [4.78, 5) is 28.6. The third kappa shape index (κ3) is 3.78. The molecule has 99 valence electrons. The molecule has 2 N–H and O–H groups in total. The van der Waals surface area contributed by atoms with Crippen LogP contribution in [0.2, 0.25) is 0 Å². The minimum absolute atomic E-state index is 0. The summed E-state index contributed by atoms with van der Waals surface area (Å²) in [6.45, 7) is 0. The Bertz CT molecular complexity index is 632. The smallest absolute Gasteiger partial charge is 0.292 e. The van der Waals surface area contributed by atoms with Crippen LogP contribution in [0.5, 0.6) is 0 Å². The van der Waals surface area contributed by atoms with Crippen LogP contribution >= 0.6 is 0 Å². The molecule has 0 spiro atoms. The summed E-state index contributed by atoms with van der Waals surface area (Å²) in [5.41, 5.74) is 6.94. The minimum Gasteiger partial charge on any atom is -0.662 e. The van der Waals surface area contributed by atoms with Gasteiger partial charge in [-0.3, -0.25) is 10.1 Å². The first-order valence-corrected chi connectivity index (χ1v) is 5.16. The van der Waals surface area contributed by atoms with Gasteiger partial charge >= 0.3 is 0 Å². The maximum Gasteiger partial charge on any atom is 0.292 e. The van der Waals surface area contributed by atoms with Crippen molar-refractivity contribution in [3.05, 3.63) is 58.2 Å². The van der Waals surface area contributed by atoms with Crippen molar-refractivity contribution in [1.29, 1.82) is 0 Å². The van der Waals surface area contributed by atoms with Gasteiger partial charge in [0.15, 0.2) is 0 Å². The summed E-state index contributed by atoms with van der Waals surface area (Å²) in [5, 5.41) is 13.5. The van der Waals surface area contributed by atoms with Crippen molar-refractivity contribution in [1.82, 2.24) is 9.97 Å². The van der Waals surface area contributed by atoms with Gasteiger partial charge in [0.05, 0.1) is 23.2 Å². The van der Waals surface area contributed by atoms with E-state index in [1.807, 2.05) is 0 Å². The van der Waals surface area contributed by atoms with E-state index in [1.54, 1.807) is 12.1 Å². The van der Waals surface area contributed by atoms with Crippen LogP contribution < -0.4 is 5.32 Å². The van der Waals surface area contributed by atoms with E-state index in [-0.39, 0.29) is 55.6 Å². The number of nitrogens with zero attached hydrogens (tertiary/aromatic N) is 3. The summed E-state index contributed by atoms with van der Waals surface area (Å²) in [5.74, 6) is -0.691. The molecule has 2 rings (SSSR count). The Morgan fingerprint density at radius 3 is 2.50 bits per heavy atom. The zero-order valence-corrected chi connectivity index (χ0v) is 12.9. The van der Waals surface area contributed by atoms with E-state index in [0.717, 1.165) is 6.20 Å². The van der Waals surface area contributed by atoms with Crippen LogP contribution in [0.1, 0.15) is 10.5 Å². The van der Waals surface area contributed by atoms with Crippen LogP contribution in [0.15, 0.2) is 36.7 Å². The third-order valence-corrected chi connectivity index (χ3v) is 2.25. The molecular formula is C11H8N5O3Y-. The average molecular weight is 347 g/mol. The topological polar surface area (TPSA) is 122 Å². The molecule has 1 amide bonds. The second kappa shape index (κ2) is 7.02. The number of carbonyl (C=O) groups excluding carboxylic acids is 1. The van der Waals surface area contributed by atoms with Crippen LogP contribution in [-0.4, -0.2) is 20.8 Å². The van der Waals surface area contributed by atoms with E-state index in [1.165, 1.54) is 18.3 Å². The molecule has 1 radical (unpaired) electrons. The quantitative estimate of drug-likeness (QED) is 0.669. The molecule has 1 aromatic heterocycles. The normalized spacial score (nSPS) is 9.40. The van der Waals surface area contributed by atoms with E-state index < -0.39 is 10.8 Å². The average Bonchev–Trinajstić information content (AvgIpc) is 2.39. The molecule has 0 unspecified atom stereocenters. The van der Waals surface area contributed by atoms with Crippen LogP contribution in [-0.2, 0) is 32.7 Å². The second-order valence-electron chi connectivity index (χ2n) is 3.52. The van der Waals surface area contributed by atoms with Crippen molar-refractivity contribution in [2.75, 3.05) is 5.32 Å². The number of benzene rings is 1. The fraction of sp³-hybridized carbons (Fsp3) is 0. The third-order valence-electron chi connectivity index (χ3n) is 2.25. The number of aromatic nitrogens is 2. The van der Waals surface area contributed by atoms with Crippen LogP contribution in [0.4, 0.5) is 17.2 Å². The molecule has 20 heavy (non-hydrogen) atoms. The van der Waals surface area contributed by atoms with Gasteiger partial charge in [0.25, 0.3) is 5.69 Å². The van der Waals surface area contributed by atoms with Gasteiger partial charge in [0.1, 0.15) is 17.2 Å². The van der Waals surface area contributed by atoms with Crippen molar-refractivity contribution >= 4 is 23.1 Å². The number of nitro benzene ring substituents is 1. The van der Waals surface area contributed by atoms with Gasteiger partial charge in [-0.2, -0.15) is 0 Å². The van der Waals surface area contributed by atoms with E-state index in [0.29, 0.717) is 0 Å². The Morgan fingerprint density at radius 2 is 1.95 bits per heavy atom. The molecule has 1 aromatic carbocycles. The number of amides is 1. The summed E-state index contributed by atoms with van der Waals surface area (Å²) in [6.07, 6.45) is 2.37. The summed E-state index contributed by atoms with van der Waals surface area (Å²) in [6, 6.07) is 6.09. The van der Waals surface area contributed by atoms with E-state index in [2.05, 4.69) is 15.3 Å². The van der Waals surface area contributed by atoms with Crippen molar-refractivity contribution in [3.8, 4) is 0 Å². The Morgan fingerprint density at radius 1 is 1.25 bits per heavy atom. The molecule has 2 aromatic rings. The number of hydrogen-bond donors (Lipinski definition) is 1. The molecule has 0 aliphatic rings. The Labute approximate surface area is 138 Å². The molecule has 0 bridgehead atoms. The zero-order valence-electron chi connectivity index (χ0n) is 10.1. The summed E-state index contributed by atoms with van der Waals surface area (Å²) < 4.78 is 0. The first-order valence-electron chi connectivity index (χ1n) is 5.16. The number of carbonyl (C=O) groups is 1. The van der Waals surface area contributed by atoms with Gasteiger partial charge in [0.2, 0.25) is 0 Å². The van der Waals surface area contributed by atoms with Crippen molar-refractivity contribution in [3.63, 3.8) is 0 Å². The monoisotopic (exact) mass is 347 g/mol. The Kier molecular flexibility index (Phi) is 5.66. The molecule has 0 atom stereocenters. The first kappa shape index (κ1) is 16.1. The standard InChI is InChI=1S/C11H9N5O3.Y/c12-11(17)8-5-14-10(6-13-8)15-7-3-1-2-4-9(7)16(18)19;/h1-6H,(H3,12,14,15,17);/p-1. The Hall–Kier alpha value is -1.93. The molecule has 0 aliphatic heterocycles. The van der Waals surface area contributed by atoms with E-state index in [9.17, 15) is 14.9 Å².